The van der Waals surface area contributed by atoms with Crippen LogP contribution in [0.3, 0.4) is 0 Å². The molecule has 0 amide bonds. The van der Waals surface area contributed by atoms with Gasteiger partial charge in [0, 0.05) is 27.4 Å². The van der Waals surface area contributed by atoms with E-state index in [9.17, 15) is 4.79 Å². The molecule has 0 fully saturated rings. The minimum atomic E-state index is -0.551. The Morgan fingerprint density at radius 3 is 2.74 bits per heavy atom. The maximum absolute atomic E-state index is 11.6. The van der Waals surface area contributed by atoms with Crippen LogP contribution in [-0.4, -0.2) is 18.1 Å². The van der Waals surface area contributed by atoms with Gasteiger partial charge in [-0.15, -0.1) is 0 Å². The first-order valence-corrected chi connectivity index (χ1v) is 6.07. The number of nitrogens with zero attached hydrogens (tertiary/aromatic N) is 1. The Morgan fingerprint density at radius 1 is 1.32 bits per heavy atom. The zero-order chi connectivity index (χ0) is 14.0. The molecular formula is C13H10Cl2N2O2. The van der Waals surface area contributed by atoms with Crippen LogP contribution in [0.5, 0.6) is 0 Å². The van der Waals surface area contributed by atoms with Crippen molar-refractivity contribution >= 4 is 35.0 Å². The van der Waals surface area contributed by atoms with Crippen LogP contribution in [-0.2, 0) is 4.74 Å². The molecule has 2 aromatic rings. The second-order valence-electron chi connectivity index (χ2n) is 3.77. The molecular weight excluding hydrogens is 287 g/mol. The standard InChI is InChI=1S/C13H10Cl2N2O2/c1-19-13(18)10-4-7(6-17-12(10)16)9-5-8(14)2-3-11(9)15/h2-6H,1H3,(H2,16,17). The van der Waals surface area contributed by atoms with Crippen LogP contribution in [0.2, 0.25) is 10.0 Å². The molecule has 6 heteroatoms. The van der Waals surface area contributed by atoms with Gasteiger partial charge >= 0.3 is 5.97 Å². The average Bonchev–Trinajstić information content (AvgIpc) is 2.41. The monoisotopic (exact) mass is 296 g/mol. The molecule has 0 aliphatic rings. The number of carbonyl (C=O) groups excluding carboxylic acids is 1. The summed E-state index contributed by atoms with van der Waals surface area (Å²) in [6.07, 6.45) is 1.53. The predicted octanol–water partition coefficient (Wildman–Crippen LogP) is 3.42. The molecule has 1 aromatic carbocycles. The van der Waals surface area contributed by atoms with Gasteiger partial charge in [0.1, 0.15) is 11.4 Å². The summed E-state index contributed by atoms with van der Waals surface area (Å²) in [7, 11) is 1.28. The quantitative estimate of drug-likeness (QED) is 0.862. The Bertz CT molecular complexity index is 645. The van der Waals surface area contributed by atoms with E-state index in [1.165, 1.54) is 13.3 Å². The molecule has 0 saturated carbocycles. The number of esters is 1. The molecule has 98 valence electrons. The average molecular weight is 297 g/mol. The topological polar surface area (TPSA) is 65.2 Å². The van der Waals surface area contributed by atoms with E-state index in [-0.39, 0.29) is 11.4 Å². The van der Waals surface area contributed by atoms with Crippen molar-refractivity contribution in [3.8, 4) is 11.1 Å². The number of benzene rings is 1. The number of hydrogen-bond acceptors (Lipinski definition) is 4. The van der Waals surface area contributed by atoms with Gasteiger partial charge in [-0.05, 0) is 24.3 Å². The van der Waals surface area contributed by atoms with Crippen molar-refractivity contribution in [1.82, 2.24) is 4.98 Å². The zero-order valence-electron chi connectivity index (χ0n) is 9.98. The van der Waals surface area contributed by atoms with Crippen LogP contribution >= 0.6 is 23.2 Å². The molecule has 2 rings (SSSR count). The number of carbonyl (C=O) groups is 1. The van der Waals surface area contributed by atoms with Crippen molar-refractivity contribution in [3.05, 3.63) is 46.1 Å². The summed E-state index contributed by atoms with van der Waals surface area (Å²) in [6, 6.07) is 6.62. The number of nitrogen functional groups attached to an aromatic ring is 1. The molecule has 0 bridgehead atoms. The second kappa shape index (κ2) is 5.47. The Labute approximate surface area is 120 Å². The lowest BCUT2D eigenvalue weighted by Gasteiger charge is -2.08. The second-order valence-corrected chi connectivity index (χ2v) is 4.62. The van der Waals surface area contributed by atoms with E-state index < -0.39 is 5.97 Å². The maximum Gasteiger partial charge on any atom is 0.341 e. The van der Waals surface area contributed by atoms with Crippen LogP contribution in [0, 0.1) is 0 Å². The molecule has 1 heterocycles. The van der Waals surface area contributed by atoms with E-state index in [0.29, 0.717) is 21.2 Å². The number of methoxy groups -OCH3 is 1. The fourth-order valence-electron chi connectivity index (χ4n) is 1.61. The van der Waals surface area contributed by atoms with Crippen molar-refractivity contribution in [1.29, 1.82) is 0 Å². The van der Waals surface area contributed by atoms with Crippen molar-refractivity contribution < 1.29 is 9.53 Å². The number of pyridine rings is 1. The fourth-order valence-corrected chi connectivity index (χ4v) is 2.01. The van der Waals surface area contributed by atoms with Crippen LogP contribution in [0.15, 0.2) is 30.5 Å². The molecule has 0 atom stereocenters. The highest BCUT2D eigenvalue weighted by atomic mass is 35.5. The third-order valence-corrected chi connectivity index (χ3v) is 3.13. The lowest BCUT2D eigenvalue weighted by molar-refractivity contribution is 0.0601. The molecule has 2 N–H and O–H groups in total. The molecule has 0 saturated heterocycles. The first-order chi connectivity index (χ1) is 9.02. The van der Waals surface area contributed by atoms with E-state index in [4.69, 9.17) is 28.9 Å². The van der Waals surface area contributed by atoms with Crippen LogP contribution in [0.25, 0.3) is 11.1 Å². The number of hydrogen-bond donors (Lipinski definition) is 1. The smallest absolute Gasteiger partial charge is 0.341 e. The van der Waals surface area contributed by atoms with Gasteiger partial charge in [-0.1, -0.05) is 23.2 Å². The Hall–Kier alpha value is -1.78. The number of halogens is 2. The van der Waals surface area contributed by atoms with Gasteiger partial charge in [0.05, 0.1) is 7.11 Å². The summed E-state index contributed by atoms with van der Waals surface area (Å²) in [5, 5.41) is 1.04. The lowest BCUT2D eigenvalue weighted by atomic mass is 10.1. The number of rotatable bonds is 2. The van der Waals surface area contributed by atoms with Crippen molar-refractivity contribution in [3.63, 3.8) is 0 Å². The van der Waals surface area contributed by atoms with Gasteiger partial charge in [0.15, 0.2) is 0 Å². The molecule has 0 aliphatic heterocycles. The third kappa shape index (κ3) is 2.80. The van der Waals surface area contributed by atoms with E-state index in [2.05, 4.69) is 9.72 Å². The van der Waals surface area contributed by atoms with E-state index in [1.54, 1.807) is 24.3 Å². The van der Waals surface area contributed by atoms with Gasteiger partial charge in [0.2, 0.25) is 0 Å². The first kappa shape index (κ1) is 13.6. The van der Waals surface area contributed by atoms with Crippen molar-refractivity contribution in [2.75, 3.05) is 12.8 Å². The summed E-state index contributed by atoms with van der Waals surface area (Å²) in [5.74, 6) is -0.446. The summed E-state index contributed by atoms with van der Waals surface area (Å²) < 4.78 is 4.64. The largest absolute Gasteiger partial charge is 0.465 e. The minimum Gasteiger partial charge on any atom is -0.465 e. The van der Waals surface area contributed by atoms with Gasteiger partial charge in [0.25, 0.3) is 0 Å². The van der Waals surface area contributed by atoms with E-state index >= 15 is 0 Å². The molecule has 0 radical (unpaired) electrons. The molecule has 0 unspecified atom stereocenters. The van der Waals surface area contributed by atoms with Gasteiger partial charge in [-0.25, -0.2) is 9.78 Å². The van der Waals surface area contributed by atoms with Gasteiger partial charge in [-0.2, -0.15) is 0 Å². The third-order valence-electron chi connectivity index (χ3n) is 2.56. The summed E-state index contributed by atoms with van der Waals surface area (Å²) in [4.78, 5) is 15.5. The van der Waals surface area contributed by atoms with Crippen LogP contribution in [0.4, 0.5) is 5.82 Å². The van der Waals surface area contributed by atoms with Gasteiger partial charge < -0.3 is 10.5 Å². The summed E-state index contributed by atoms with van der Waals surface area (Å²) in [6.45, 7) is 0. The van der Waals surface area contributed by atoms with Gasteiger partial charge in [-0.3, -0.25) is 0 Å². The van der Waals surface area contributed by atoms with Crippen LogP contribution in [0.1, 0.15) is 10.4 Å². The Kier molecular flexibility index (Phi) is 3.93. The number of nitrogens with two attached hydrogens (primary N) is 1. The molecule has 1 aromatic heterocycles. The maximum atomic E-state index is 11.6. The van der Waals surface area contributed by atoms with E-state index in [1.807, 2.05) is 0 Å². The Morgan fingerprint density at radius 2 is 2.05 bits per heavy atom. The minimum absolute atomic E-state index is 0.105. The zero-order valence-corrected chi connectivity index (χ0v) is 11.5. The number of ether oxygens (including phenoxy) is 1. The highest BCUT2D eigenvalue weighted by molar-refractivity contribution is 6.35. The summed E-state index contributed by atoms with van der Waals surface area (Å²) in [5.41, 5.74) is 7.15. The Balaban J connectivity index is 2.57. The SMILES string of the molecule is COC(=O)c1cc(-c2cc(Cl)ccc2Cl)cnc1N. The normalized spacial score (nSPS) is 10.3. The predicted molar refractivity (Wildman–Crippen MR) is 75.4 cm³/mol. The molecule has 0 aliphatic carbocycles. The van der Waals surface area contributed by atoms with Crippen LogP contribution < -0.4 is 5.73 Å². The molecule has 0 spiro atoms. The number of aromatic nitrogens is 1. The first-order valence-electron chi connectivity index (χ1n) is 5.32. The highest BCUT2D eigenvalue weighted by Gasteiger charge is 2.14. The molecule has 4 nitrogen and oxygen atoms in total. The number of anilines is 1. The van der Waals surface area contributed by atoms with E-state index in [0.717, 1.165) is 0 Å². The van der Waals surface area contributed by atoms with Crippen molar-refractivity contribution in [2.45, 2.75) is 0 Å². The van der Waals surface area contributed by atoms with Crippen molar-refractivity contribution in [2.24, 2.45) is 0 Å². The molecule has 19 heavy (non-hydrogen) atoms. The summed E-state index contributed by atoms with van der Waals surface area (Å²) >= 11 is 12.0. The fraction of sp³-hybridized carbons (Fsp3) is 0.0769. The highest BCUT2D eigenvalue weighted by Crippen LogP contribution is 2.31. The lowest BCUT2D eigenvalue weighted by Crippen LogP contribution is -2.07.